The molecular weight excluding hydrogens is 192 g/mol. The third-order valence-corrected chi connectivity index (χ3v) is 3.47. The van der Waals surface area contributed by atoms with Gasteiger partial charge in [0.25, 0.3) is 0 Å². The Hall–Kier alpha value is -0.610. The van der Waals surface area contributed by atoms with Crippen molar-refractivity contribution < 1.29 is 9.90 Å². The standard InChI is InChI=1S/C11H22N2O2/c1-8(2)13-6-5-10(7-13)12(4)9(3)11(14)15/h8-10H,5-7H2,1-4H3,(H,14,15). The molecule has 1 N–H and O–H groups in total. The van der Waals surface area contributed by atoms with Crippen LogP contribution in [0.5, 0.6) is 0 Å². The molecule has 0 aromatic carbocycles. The molecule has 0 bridgehead atoms. The number of aliphatic carboxylic acids is 1. The minimum Gasteiger partial charge on any atom is -0.480 e. The van der Waals surface area contributed by atoms with E-state index in [2.05, 4.69) is 18.7 Å². The van der Waals surface area contributed by atoms with E-state index in [-0.39, 0.29) is 6.04 Å². The van der Waals surface area contributed by atoms with Gasteiger partial charge in [-0.2, -0.15) is 0 Å². The number of rotatable bonds is 4. The molecule has 1 saturated heterocycles. The van der Waals surface area contributed by atoms with Crippen molar-refractivity contribution in [3.63, 3.8) is 0 Å². The number of carbonyl (C=O) groups is 1. The zero-order chi connectivity index (χ0) is 11.6. The molecular formula is C11H22N2O2. The summed E-state index contributed by atoms with van der Waals surface area (Å²) in [5, 5.41) is 8.93. The maximum absolute atomic E-state index is 10.9. The van der Waals surface area contributed by atoms with Crippen LogP contribution >= 0.6 is 0 Å². The van der Waals surface area contributed by atoms with Gasteiger partial charge in [0.1, 0.15) is 6.04 Å². The Morgan fingerprint density at radius 2 is 2.07 bits per heavy atom. The number of nitrogens with zero attached hydrogens (tertiary/aromatic N) is 2. The van der Waals surface area contributed by atoms with Crippen molar-refractivity contribution in [3.8, 4) is 0 Å². The Kier molecular flexibility index (Phi) is 4.11. The molecule has 1 heterocycles. The van der Waals surface area contributed by atoms with Gasteiger partial charge in [-0.3, -0.25) is 14.6 Å². The first-order chi connectivity index (χ1) is 6.93. The predicted molar refractivity (Wildman–Crippen MR) is 60.0 cm³/mol. The lowest BCUT2D eigenvalue weighted by Crippen LogP contribution is -2.44. The third kappa shape index (κ3) is 2.92. The van der Waals surface area contributed by atoms with Crippen molar-refractivity contribution in [2.75, 3.05) is 20.1 Å². The molecule has 1 aliphatic rings. The predicted octanol–water partition coefficient (Wildman–Crippen LogP) is 0.874. The molecule has 1 fully saturated rings. The van der Waals surface area contributed by atoms with E-state index in [4.69, 9.17) is 5.11 Å². The number of likely N-dealkylation sites (tertiary alicyclic amines) is 1. The summed E-state index contributed by atoms with van der Waals surface area (Å²) in [6.07, 6.45) is 1.08. The lowest BCUT2D eigenvalue weighted by Gasteiger charge is -2.28. The number of hydrogen-bond acceptors (Lipinski definition) is 3. The molecule has 0 radical (unpaired) electrons. The molecule has 4 nitrogen and oxygen atoms in total. The second kappa shape index (κ2) is 4.94. The lowest BCUT2D eigenvalue weighted by molar-refractivity contribution is -0.142. The Morgan fingerprint density at radius 3 is 2.47 bits per heavy atom. The Labute approximate surface area is 91.9 Å². The quantitative estimate of drug-likeness (QED) is 0.754. The molecule has 0 amide bonds. The van der Waals surface area contributed by atoms with Crippen LogP contribution in [0.1, 0.15) is 27.2 Å². The number of carboxylic acid groups (broad SMARTS) is 1. The van der Waals surface area contributed by atoms with Crippen LogP contribution in [0, 0.1) is 0 Å². The van der Waals surface area contributed by atoms with E-state index in [1.165, 1.54) is 0 Å². The second-order valence-corrected chi connectivity index (χ2v) is 4.71. The van der Waals surface area contributed by atoms with Crippen LogP contribution in [-0.4, -0.2) is 59.1 Å². The maximum Gasteiger partial charge on any atom is 0.320 e. The molecule has 0 aromatic rings. The van der Waals surface area contributed by atoms with Crippen molar-refractivity contribution in [1.82, 2.24) is 9.80 Å². The van der Waals surface area contributed by atoms with Crippen molar-refractivity contribution in [2.45, 2.75) is 45.3 Å². The fourth-order valence-electron chi connectivity index (χ4n) is 2.06. The van der Waals surface area contributed by atoms with Crippen LogP contribution in [0.15, 0.2) is 0 Å². The van der Waals surface area contributed by atoms with Crippen LogP contribution in [0.3, 0.4) is 0 Å². The smallest absolute Gasteiger partial charge is 0.320 e. The van der Waals surface area contributed by atoms with Crippen molar-refractivity contribution in [1.29, 1.82) is 0 Å². The van der Waals surface area contributed by atoms with E-state index >= 15 is 0 Å². The number of carboxylic acids is 1. The molecule has 1 aliphatic heterocycles. The second-order valence-electron chi connectivity index (χ2n) is 4.71. The van der Waals surface area contributed by atoms with Crippen LogP contribution in [0.25, 0.3) is 0 Å². The highest BCUT2D eigenvalue weighted by Gasteiger charge is 2.31. The first-order valence-corrected chi connectivity index (χ1v) is 5.62. The zero-order valence-electron chi connectivity index (χ0n) is 10.1. The minimum atomic E-state index is -0.736. The average molecular weight is 214 g/mol. The van der Waals surface area contributed by atoms with Gasteiger partial charge >= 0.3 is 5.97 Å². The first-order valence-electron chi connectivity index (χ1n) is 5.62. The summed E-state index contributed by atoms with van der Waals surface area (Å²) in [6.45, 7) is 8.19. The molecule has 2 atom stereocenters. The SMILES string of the molecule is CC(C)N1CCC(N(C)C(C)C(=O)O)C1. The maximum atomic E-state index is 10.9. The van der Waals surface area contributed by atoms with E-state index in [1.807, 2.05) is 11.9 Å². The van der Waals surface area contributed by atoms with Gasteiger partial charge in [0.2, 0.25) is 0 Å². The van der Waals surface area contributed by atoms with Gasteiger partial charge in [0.05, 0.1) is 0 Å². The highest BCUT2D eigenvalue weighted by atomic mass is 16.4. The van der Waals surface area contributed by atoms with Crippen molar-refractivity contribution in [3.05, 3.63) is 0 Å². The monoisotopic (exact) mass is 214 g/mol. The van der Waals surface area contributed by atoms with Crippen LogP contribution in [0.2, 0.25) is 0 Å². The molecule has 0 saturated carbocycles. The summed E-state index contributed by atoms with van der Waals surface area (Å²) in [7, 11) is 1.91. The summed E-state index contributed by atoms with van der Waals surface area (Å²) in [5.74, 6) is -0.736. The molecule has 15 heavy (non-hydrogen) atoms. The minimum absolute atomic E-state index is 0.387. The fourth-order valence-corrected chi connectivity index (χ4v) is 2.06. The zero-order valence-corrected chi connectivity index (χ0v) is 10.1. The Morgan fingerprint density at radius 1 is 1.47 bits per heavy atom. The average Bonchev–Trinajstić information content (AvgIpc) is 2.64. The van der Waals surface area contributed by atoms with E-state index in [0.717, 1.165) is 19.5 Å². The molecule has 0 spiro atoms. The van der Waals surface area contributed by atoms with E-state index < -0.39 is 5.97 Å². The largest absolute Gasteiger partial charge is 0.480 e. The highest BCUT2D eigenvalue weighted by molar-refractivity contribution is 5.72. The van der Waals surface area contributed by atoms with Crippen LogP contribution in [0.4, 0.5) is 0 Å². The third-order valence-electron chi connectivity index (χ3n) is 3.47. The molecule has 88 valence electrons. The van der Waals surface area contributed by atoms with Gasteiger partial charge in [-0.15, -0.1) is 0 Å². The Bertz CT molecular complexity index is 231. The van der Waals surface area contributed by atoms with E-state index in [0.29, 0.717) is 12.1 Å². The Balaban J connectivity index is 2.49. The van der Waals surface area contributed by atoms with Crippen molar-refractivity contribution >= 4 is 5.97 Å². The summed E-state index contributed by atoms with van der Waals surface area (Å²) in [4.78, 5) is 15.2. The van der Waals surface area contributed by atoms with E-state index in [9.17, 15) is 4.79 Å². The highest BCUT2D eigenvalue weighted by Crippen LogP contribution is 2.18. The van der Waals surface area contributed by atoms with Gasteiger partial charge < -0.3 is 5.11 Å². The van der Waals surface area contributed by atoms with Gasteiger partial charge in [0.15, 0.2) is 0 Å². The fraction of sp³-hybridized carbons (Fsp3) is 0.909. The summed E-state index contributed by atoms with van der Waals surface area (Å²) in [5.41, 5.74) is 0. The van der Waals surface area contributed by atoms with Gasteiger partial charge in [-0.1, -0.05) is 0 Å². The topological polar surface area (TPSA) is 43.8 Å². The van der Waals surface area contributed by atoms with E-state index in [1.54, 1.807) is 6.92 Å². The summed E-state index contributed by atoms with van der Waals surface area (Å²) >= 11 is 0. The molecule has 4 heteroatoms. The molecule has 0 aromatic heterocycles. The number of hydrogen-bond donors (Lipinski definition) is 1. The summed E-state index contributed by atoms with van der Waals surface area (Å²) in [6, 6.07) is 0.559. The van der Waals surface area contributed by atoms with Gasteiger partial charge in [0, 0.05) is 25.2 Å². The van der Waals surface area contributed by atoms with Gasteiger partial charge in [-0.05, 0) is 34.2 Å². The van der Waals surface area contributed by atoms with Gasteiger partial charge in [-0.25, -0.2) is 0 Å². The number of likely N-dealkylation sites (N-methyl/N-ethyl adjacent to an activating group) is 1. The molecule has 2 unspecified atom stereocenters. The molecule has 0 aliphatic carbocycles. The van der Waals surface area contributed by atoms with Crippen LogP contribution < -0.4 is 0 Å². The normalized spacial score (nSPS) is 25.1. The first kappa shape index (κ1) is 12.5. The molecule has 1 rings (SSSR count). The summed E-state index contributed by atoms with van der Waals surface area (Å²) < 4.78 is 0. The van der Waals surface area contributed by atoms with Crippen molar-refractivity contribution in [2.24, 2.45) is 0 Å². The van der Waals surface area contributed by atoms with Crippen LogP contribution in [-0.2, 0) is 4.79 Å². The lowest BCUT2D eigenvalue weighted by atomic mass is 10.2.